The molecule has 1 aromatic heterocycles. The standard InChI is InChI=1S/C24H26N6O3S/c1-16-9-11-19(12-10-16)29-17(2)26-27-23(29)34-15-20(31)28-30-21(32)24(3,25-22(30)33)14-13-18-7-5-4-6-8-18/h4-12H,13-15H2,1-3H3,(H,25,33)(H,28,31)/t24-/m0/s1. The molecule has 4 rings (SSSR count). The zero-order valence-electron chi connectivity index (χ0n) is 19.2. The molecule has 1 aliphatic heterocycles. The van der Waals surface area contributed by atoms with Crippen LogP contribution in [0.4, 0.5) is 4.79 Å². The van der Waals surface area contributed by atoms with Gasteiger partial charge in [-0.2, -0.15) is 5.01 Å². The first-order valence-electron chi connectivity index (χ1n) is 10.9. The minimum absolute atomic E-state index is 0.0399. The normalized spacial score (nSPS) is 17.7. The van der Waals surface area contributed by atoms with Crippen molar-refractivity contribution in [2.45, 2.75) is 44.3 Å². The number of urea groups is 1. The molecule has 1 aliphatic rings. The van der Waals surface area contributed by atoms with E-state index in [-0.39, 0.29) is 5.75 Å². The summed E-state index contributed by atoms with van der Waals surface area (Å²) in [6.45, 7) is 5.51. The maximum atomic E-state index is 12.9. The van der Waals surface area contributed by atoms with Crippen LogP contribution >= 0.6 is 11.8 Å². The Labute approximate surface area is 201 Å². The molecule has 0 saturated carbocycles. The van der Waals surface area contributed by atoms with Crippen molar-refractivity contribution < 1.29 is 14.4 Å². The Morgan fingerprint density at radius 2 is 1.76 bits per heavy atom. The monoisotopic (exact) mass is 478 g/mol. The zero-order chi connectivity index (χ0) is 24.3. The zero-order valence-corrected chi connectivity index (χ0v) is 20.1. The summed E-state index contributed by atoms with van der Waals surface area (Å²) in [4.78, 5) is 38.0. The van der Waals surface area contributed by atoms with Crippen molar-refractivity contribution in [1.82, 2.24) is 30.5 Å². The lowest BCUT2D eigenvalue weighted by atomic mass is 9.93. The van der Waals surface area contributed by atoms with Gasteiger partial charge in [-0.05, 0) is 51.3 Å². The van der Waals surface area contributed by atoms with Crippen LogP contribution in [0.1, 0.15) is 30.3 Å². The molecule has 1 atom stereocenters. The number of amides is 4. The van der Waals surface area contributed by atoms with Crippen molar-refractivity contribution in [3.05, 3.63) is 71.5 Å². The van der Waals surface area contributed by atoms with E-state index in [1.54, 1.807) is 6.92 Å². The summed E-state index contributed by atoms with van der Waals surface area (Å²) in [5.41, 5.74) is 4.43. The number of rotatable bonds is 8. The highest BCUT2D eigenvalue weighted by Crippen LogP contribution is 2.24. The lowest BCUT2D eigenvalue weighted by Crippen LogP contribution is -2.49. The summed E-state index contributed by atoms with van der Waals surface area (Å²) < 4.78 is 1.85. The first kappa shape index (κ1) is 23.5. The number of carbonyl (C=O) groups excluding carboxylic acids is 3. The fourth-order valence-corrected chi connectivity index (χ4v) is 4.50. The van der Waals surface area contributed by atoms with Crippen LogP contribution in [0.25, 0.3) is 5.69 Å². The van der Waals surface area contributed by atoms with Crippen LogP contribution < -0.4 is 10.7 Å². The third kappa shape index (κ3) is 4.96. The molecule has 0 aliphatic carbocycles. The van der Waals surface area contributed by atoms with Gasteiger partial charge in [-0.15, -0.1) is 10.2 Å². The van der Waals surface area contributed by atoms with Crippen molar-refractivity contribution in [1.29, 1.82) is 0 Å². The molecular weight excluding hydrogens is 452 g/mol. The number of carbonyl (C=O) groups is 3. The largest absolute Gasteiger partial charge is 0.344 e. The number of aromatic nitrogens is 3. The lowest BCUT2D eigenvalue weighted by molar-refractivity contribution is -0.138. The third-order valence-electron chi connectivity index (χ3n) is 5.67. The molecule has 0 bridgehead atoms. The van der Waals surface area contributed by atoms with E-state index in [4.69, 9.17) is 0 Å². The van der Waals surface area contributed by atoms with Crippen LogP contribution in [0, 0.1) is 13.8 Å². The number of thioether (sulfide) groups is 1. The second kappa shape index (κ2) is 9.68. The molecular formula is C24H26N6O3S. The number of hydrogen-bond acceptors (Lipinski definition) is 6. The molecule has 2 N–H and O–H groups in total. The second-order valence-electron chi connectivity index (χ2n) is 8.41. The molecule has 34 heavy (non-hydrogen) atoms. The Balaban J connectivity index is 1.37. The number of nitrogens with one attached hydrogen (secondary N) is 2. The van der Waals surface area contributed by atoms with Gasteiger partial charge in [0.15, 0.2) is 5.16 Å². The molecule has 2 heterocycles. The minimum Gasteiger partial charge on any atom is -0.322 e. The lowest BCUT2D eigenvalue weighted by Gasteiger charge is -2.21. The Morgan fingerprint density at radius 1 is 1.06 bits per heavy atom. The van der Waals surface area contributed by atoms with E-state index in [9.17, 15) is 14.4 Å². The Hall–Kier alpha value is -3.66. The molecule has 0 unspecified atom stereocenters. The predicted molar refractivity (Wildman–Crippen MR) is 128 cm³/mol. The summed E-state index contributed by atoms with van der Waals surface area (Å²) in [5, 5.41) is 12.3. The van der Waals surface area contributed by atoms with Crippen molar-refractivity contribution in [2.75, 3.05) is 5.75 Å². The van der Waals surface area contributed by atoms with Crippen molar-refractivity contribution >= 4 is 29.6 Å². The molecule has 9 nitrogen and oxygen atoms in total. The van der Waals surface area contributed by atoms with E-state index in [2.05, 4.69) is 20.9 Å². The van der Waals surface area contributed by atoms with Gasteiger partial charge < -0.3 is 5.32 Å². The van der Waals surface area contributed by atoms with Crippen LogP contribution in [-0.2, 0) is 16.0 Å². The number of hydrazine groups is 1. The third-order valence-corrected chi connectivity index (χ3v) is 6.60. The second-order valence-corrected chi connectivity index (χ2v) is 9.36. The van der Waals surface area contributed by atoms with E-state index >= 15 is 0 Å². The van der Waals surface area contributed by atoms with Crippen LogP contribution in [0.5, 0.6) is 0 Å². The molecule has 0 radical (unpaired) electrons. The average Bonchev–Trinajstić information content (AvgIpc) is 3.29. The molecule has 176 valence electrons. The molecule has 2 aromatic carbocycles. The molecule has 4 amide bonds. The van der Waals surface area contributed by atoms with E-state index in [1.165, 1.54) is 11.8 Å². The summed E-state index contributed by atoms with van der Waals surface area (Å²) in [6.07, 6.45) is 1.04. The SMILES string of the molecule is Cc1ccc(-n2c(C)nnc2SCC(=O)NN2C(=O)N[C@@](C)(CCc3ccccc3)C2=O)cc1. The number of nitrogens with zero attached hydrogens (tertiary/aromatic N) is 4. The summed E-state index contributed by atoms with van der Waals surface area (Å²) >= 11 is 1.18. The smallest absolute Gasteiger partial charge is 0.322 e. The van der Waals surface area contributed by atoms with Gasteiger partial charge in [-0.3, -0.25) is 19.6 Å². The van der Waals surface area contributed by atoms with E-state index < -0.39 is 23.4 Å². The van der Waals surface area contributed by atoms with Crippen LogP contribution in [0.15, 0.2) is 59.8 Å². The number of hydrogen-bond donors (Lipinski definition) is 2. The Kier molecular flexibility index (Phi) is 6.69. The van der Waals surface area contributed by atoms with Gasteiger partial charge in [0.25, 0.3) is 5.91 Å². The van der Waals surface area contributed by atoms with Gasteiger partial charge in [-0.25, -0.2) is 4.79 Å². The Bertz CT molecular complexity index is 1210. The van der Waals surface area contributed by atoms with Gasteiger partial charge >= 0.3 is 6.03 Å². The summed E-state index contributed by atoms with van der Waals surface area (Å²) in [5.74, 6) is -0.320. The molecule has 1 saturated heterocycles. The summed E-state index contributed by atoms with van der Waals surface area (Å²) in [6, 6.07) is 17.0. The first-order valence-corrected chi connectivity index (χ1v) is 11.9. The number of aryl methyl sites for hydroxylation is 3. The number of imide groups is 1. The number of benzene rings is 2. The fourth-order valence-electron chi connectivity index (χ4n) is 3.71. The van der Waals surface area contributed by atoms with Gasteiger partial charge in [0.05, 0.1) is 5.75 Å². The minimum atomic E-state index is -1.09. The molecule has 3 aromatic rings. The first-order chi connectivity index (χ1) is 16.3. The Morgan fingerprint density at radius 3 is 2.47 bits per heavy atom. The van der Waals surface area contributed by atoms with E-state index in [1.807, 2.05) is 73.0 Å². The quantitative estimate of drug-likeness (QED) is 0.381. The molecule has 0 spiro atoms. The van der Waals surface area contributed by atoms with E-state index in [0.29, 0.717) is 23.8 Å². The highest BCUT2D eigenvalue weighted by molar-refractivity contribution is 7.99. The predicted octanol–water partition coefficient (Wildman–Crippen LogP) is 2.95. The van der Waals surface area contributed by atoms with Gasteiger partial charge in [0.2, 0.25) is 5.91 Å². The van der Waals surface area contributed by atoms with Gasteiger partial charge in [0.1, 0.15) is 11.4 Å². The maximum Gasteiger partial charge on any atom is 0.344 e. The van der Waals surface area contributed by atoms with Crippen LogP contribution in [0.2, 0.25) is 0 Å². The topological polar surface area (TPSA) is 109 Å². The maximum absolute atomic E-state index is 12.9. The van der Waals surface area contributed by atoms with Crippen molar-refractivity contribution in [3.8, 4) is 5.69 Å². The fraction of sp³-hybridized carbons (Fsp3) is 0.292. The van der Waals surface area contributed by atoms with Crippen LogP contribution in [0.3, 0.4) is 0 Å². The molecule has 1 fully saturated rings. The highest BCUT2D eigenvalue weighted by Gasteiger charge is 2.48. The molecule has 10 heteroatoms. The van der Waals surface area contributed by atoms with Crippen molar-refractivity contribution in [3.63, 3.8) is 0 Å². The van der Waals surface area contributed by atoms with E-state index in [0.717, 1.165) is 21.8 Å². The van der Waals surface area contributed by atoms with Crippen LogP contribution in [-0.4, -0.2) is 48.9 Å². The van der Waals surface area contributed by atoms with Gasteiger partial charge in [0, 0.05) is 5.69 Å². The average molecular weight is 479 g/mol. The highest BCUT2D eigenvalue weighted by atomic mass is 32.2. The summed E-state index contributed by atoms with van der Waals surface area (Å²) in [7, 11) is 0. The van der Waals surface area contributed by atoms with Gasteiger partial charge in [-0.1, -0.05) is 59.8 Å². The van der Waals surface area contributed by atoms with Crippen molar-refractivity contribution in [2.24, 2.45) is 0 Å².